The lowest BCUT2D eigenvalue weighted by Gasteiger charge is -2.24. The van der Waals surface area contributed by atoms with E-state index in [1.807, 2.05) is 6.07 Å². The minimum Gasteiger partial charge on any atom is -0.495 e. The third-order valence-electron chi connectivity index (χ3n) is 5.60. The van der Waals surface area contributed by atoms with Crippen molar-refractivity contribution >= 4 is 29.1 Å². The van der Waals surface area contributed by atoms with Gasteiger partial charge in [0.15, 0.2) is 0 Å². The molecule has 0 bridgehead atoms. The predicted octanol–water partition coefficient (Wildman–Crippen LogP) is 4.42. The Morgan fingerprint density at radius 1 is 1.12 bits per heavy atom. The summed E-state index contributed by atoms with van der Waals surface area (Å²) in [6.45, 7) is 0.213. The fourth-order valence-corrected chi connectivity index (χ4v) is 4.01. The molecule has 0 radical (unpaired) electrons. The van der Waals surface area contributed by atoms with Crippen LogP contribution in [0.15, 0.2) is 36.4 Å². The summed E-state index contributed by atoms with van der Waals surface area (Å²) in [5.41, 5.74) is 1.65. The molecule has 1 fully saturated rings. The van der Waals surface area contributed by atoms with Gasteiger partial charge in [-0.15, -0.1) is 0 Å². The van der Waals surface area contributed by atoms with Gasteiger partial charge in [-0.05, 0) is 61.6 Å². The summed E-state index contributed by atoms with van der Waals surface area (Å²) in [6.07, 6.45) is 2.67. The third-order valence-corrected chi connectivity index (χ3v) is 5.90. The van der Waals surface area contributed by atoms with Gasteiger partial charge in [0.05, 0.1) is 41.1 Å². The minimum atomic E-state index is -0.419. The Kier molecular flexibility index (Phi) is 7.70. The van der Waals surface area contributed by atoms with Crippen molar-refractivity contribution in [3.8, 4) is 17.9 Å². The first-order chi connectivity index (χ1) is 15.4. The smallest absolute Gasteiger partial charge is 0.253 e. The third kappa shape index (κ3) is 5.57. The number of hydrogen-bond acceptors (Lipinski definition) is 5. The molecule has 2 N–H and O–H groups in total. The van der Waals surface area contributed by atoms with E-state index < -0.39 is 5.91 Å². The van der Waals surface area contributed by atoms with Gasteiger partial charge in [0.1, 0.15) is 5.75 Å². The number of amides is 2. The highest BCUT2D eigenvalue weighted by molar-refractivity contribution is 6.32. The second kappa shape index (κ2) is 10.7. The Morgan fingerprint density at radius 2 is 1.88 bits per heavy atom. The number of carbonyl (C=O) groups is 2. The molecule has 0 saturated heterocycles. The van der Waals surface area contributed by atoms with E-state index in [-0.39, 0.29) is 29.9 Å². The molecule has 1 aliphatic rings. The number of halogens is 1. The number of benzene rings is 2. The first-order valence-corrected chi connectivity index (χ1v) is 10.7. The summed E-state index contributed by atoms with van der Waals surface area (Å²) in [6, 6.07) is 14.1. The zero-order chi connectivity index (χ0) is 23.1. The van der Waals surface area contributed by atoms with Crippen LogP contribution in [0.4, 0.5) is 5.69 Å². The number of hydrogen-bond donors (Lipinski definition) is 2. The van der Waals surface area contributed by atoms with E-state index in [1.54, 1.807) is 30.3 Å². The predicted molar refractivity (Wildman–Crippen MR) is 120 cm³/mol. The molecule has 1 aliphatic carbocycles. The molecule has 32 heavy (non-hydrogen) atoms. The monoisotopic (exact) mass is 450 g/mol. The van der Waals surface area contributed by atoms with E-state index in [4.69, 9.17) is 21.6 Å². The molecular formula is C24H23ClN4O3. The van der Waals surface area contributed by atoms with Gasteiger partial charge < -0.3 is 15.4 Å². The van der Waals surface area contributed by atoms with Crippen molar-refractivity contribution in [2.75, 3.05) is 12.4 Å². The molecule has 0 aliphatic heterocycles. The van der Waals surface area contributed by atoms with Crippen LogP contribution >= 0.6 is 11.6 Å². The normalized spacial score (nSPS) is 17.5. The van der Waals surface area contributed by atoms with Crippen molar-refractivity contribution < 1.29 is 14.3 Å². The molecule has 2 aromatic carbocycles. The van der Waals surface area contributed by atoms with Gasteiger partial charge in [-0.2, -0.15) is 10.5 Å². The fraction of sp³-hybridized carbons (Fsp3) is 0.333. The van der Waals surface area contributed by atoms with Crippen molar-refractivity contribution in [2.24, 2.45) is 11.8 Å². The Hall–Kier alpha value is -3.55. The van der Waals surface area contributed by atoms with Crippen LogP contribution in [-0.2, 0) is 11.3 Å². The molecule has 1 saturated carbocycles. The maximum Gasteiger partial charge on any atom is 0.253 e. The van der Waals surface area contributed by atoms with Crippen molar-refractivity contribution in [1.82, 2.24) is 5.32 Å². The van der Waals surface area contributed by atoms with E-state index in [0.29, 0.717) is 47.7 Å². The lowest BCUT2D eigenvalue weighted by molar-refractivity contribution is -0.120. The lowest BCUT2D eigenvalue weighted by Crippen LogP contribution is -2.29. The van der Waals surface area contributed by atoms with Crippen LogP contribution in [0.5, 0.6) is 5.75 Å². The van der Waals surface area contributed by atoms with Crippen molar-refractivity contribution in [3.05, 3.63) is 58.1 Å². The Balaban J connectivity index is 1.72. The van der Waals surface area contributed by atoms with Crippen LogP contribution < -0.4 is 15.4 Å². The topological polar surface area (TPSA) is 115 Å². The zero-order valence-corrected chi connectivity index (χ0v) is 18.4. The number of carbonyl (C=O) groups excluding carboxylic acids is 2. The molecule has 0 atom stereocenters. The molecule has 0 heterocycles. The molecule has 2 amide bonds. The molecular weight excluding hydrogens is 428 g/mol. The van der Waals surface area contributed by atoms with Gasteiger partial charge >= 0.3 is 0 Å². The van der Waals surface area contributed by atoms with E-state index in [1.165, 1.54) is 13.2 Å². The van der Waals surface area contributed by atoms with Crippen LogP contribution in [0.25, 0.3) is 0 Å². The van der Waals surface area contributed by atoms with Gasteiger partial charge in [-0.25, -0.2) is 0 Å². The fourth-order valence-electron chi connectivity index (χ4n) is 3.73. The van der Waals surface area contributed by atoms with Crippen LogP contribution in [0.3, 0.4) is 0 Å². The highest BCUT2D eigenvalue weighted by Gasteiger charge is 2.27. The number of nitrogens with one attached hydrogen (secondary N) is 2. The largest absolute Gasteiger partial charge is 0.495 e. The number of nitriles is 2. The molecule has 0 unspecified atom stereocenters. The molecule has 3 rings (SSSR count). The Labute approximate surface area is 191 Å². The van der Waals surface area contributed by atoms with Gasteiger partial charge in [0, 0.05) is 18.4 Å². The van der Waals surface area contributed by atoms with Crippen LogP contribution in [0.1, 0.15) is 47.2 Å². The lowest BCUT2D eigenvalue weighted by atomic mass is 9.82. The van der Waals surface area contributed by atoms with Gasteiger partial charge in [-0.3, -0.25) is 9.59 Å². The summed E-state index contributed by atoms with van der Waals surface area (Å²) in [4.78, 5) is 25.6. The summed E-state index contributed by atoms with van der Waals surface area (Å²) in [5.74, 6) is -0.258. The molecule has 0 aromatic heterocycles. The Morgan fingerprint density at radius 3 is 2.50 bits per heavy atom. The zero-order valence-electron chi connectivity index (χ0n) is 17.7. The summed E-state index contributed by atoms with van der Waals surface area (Å²) in [5, 5.41) is 24.3. The minimum absolute atomic E-state index is 0.00163. The highest BCUT2D eigenvalue weighted by atomic mass is 35.5. The average Bonchev–Trinajstić information content (AvgIpc) is 2.82. The van der Waals surface area contributed by atoms with E-state index in [0.717, 1.165) is 5.56 Å². The number of anilines is 1. The maximum absolute atomic E-state index is 12.9. The summed E-state index contributed by atoms with van der Waals surface area (Å²) < 4.78 is 5.13. The van der Waals surface area contributed by atoms with Crippen molar-refractivity contribution in [2.45, 2.75) is 32.2 Å². The van der Waals surface area contributed by atoms with Crippen LogP contribution in [0.2, 0.25) is 5.02 Å². The van der Waals surface area contributed by atoms with Gasteiger partial charge in [0.2, 0.25) is 5.91 Å². The van der Waals surface area contributed by atoms with Gasteiger partial charge in [-0.1, -0.05) is 17.7 Å². The van der Waals surface area contributed by atoms with Crippen LogP contribution in [-0.4, -0.2) is 18.9 Å². The van der Waals surface area contributed by atoms with E-state index in [2.05, 4.69) is 16.7 Å². The molecule has 0 spiro atoms. The molecule has 164 valence electrons. The number of rotatable bonds is 6. The van der Waals surface area contributed by atoms with Gasteiger partial charge in [0.25, 0.3) is 5.91 Å². The highest BCUT2D eigenvalue weighted by Crippen LogP contribution is 2.30. The standard InChI is InChI=1S/C24H23ClN4O3/c1-32-22-9-5-17(11-20(22)25)14-28-24(31)19-10-16(13-27)4-8-21(19)29-23(30)18-6-2-15(12-26)3-7-18/h4-5,8-11,15,18H,2-3,6-7,14H2,1H3,(H,28,31)(H,29,30). The second-order valence-electron chi connectivity index (χ2n) is 7.69. The van der Waals surface area contributed by atoms with E-state index >= 15 is 0 Å². The maximum atomic E-state index is 12.9. The number of ether oxygens (including phenoxy) is 1. The number of methoxy groups -OCH3 is 1. The summed E-state index contributed by atoms with van der Waals surface area (Å²) in [7, 11) is 1.52. The van der Waals surface area contributed by atoms with E-state index in [9.17, 15) is 14.9 Å². The molecule has 8 heteroatoms. The SMILES string of the molecule is COc1ccc(CNC(=O)c2cc(C#N)ccc2NC(=O)C2CCC(C#N)CC2)cc1Cl. The summed E-state index contributed by atoms with van der Waals surface area (Å²) >= 11 is 6.14. The van der Waals surface area contributed by atoms with Crippen molar-refractivity contribution in [1.29, 1.82) is 10.5 Å². The first-order valence-electron chi connectivity index (χ1n) is 10.3. The molecule has 7 nitrogen and oxygen atoms in total. The quantitative estimate of drug-likeness (QED) is 0.675. The first kappa shape index (κ1) is 23.1. The van der Waals surface area contributed by atoms with Crippen LogP contribution in [0, 0.1) is 34.5 Å². The number of nitrogens with zero attached hydrogens (tertiary/aromatic N) is 2. The average molecular weight is 451 g/mol. The van der Waals surface area contributed by atoms with Crippen molar-refractivity contribution in [3.63, 3.8) is 0 Å². The Bertz CT molecular complexity index is 1100. The second-order valence-corrected chi connectivity index (χ2v) is 8.10. The molecule has 2 aromatic rings.